The van der Waals surface area contributed by atoms with Gasteiger partial charge in [-0.1, -0.05) is 17.7 Å². The lowest BCUT2D eigenvalue weighted by atomic mass is 10.1. The number of nitrogens with zero attached hydrogens (tertiary/aromatic N) is 2. The van der Waals surface area contributed by atoms with Crippen LogP contribution in [0.1, 0.15) is 23.6 Å². The number of aliphatic hydroxyl groups is 1. The number of hydrogen-bond acceptors (Lipinski definition) is 3. The van der Waals surface area contributed by atoms with Crippen molar-refractivity contribution < 1.29 is 5.11 Å². The van der Waals surface area contributed by atoms with Crippen molar-refractivity contribution in [2.24, 2.45) is 0 Å². The number of aromatic nitrogens is 2. The maximum atomic E-state index is 8.88. The van der Waals surface area contributed by atoms with Crippen LogP contribution in [0.4, 0.5) is 5.69 Å². The first kappa shape index (κ1) is 12.5. The van der Waals surface area contributed by atoms with E-state index >= 15 is 0 Å². The van der Waals surface area contributed by atoms with E-state index in [9.17, 15) is 0 Å². The fourth-order valence-corrected chi connectivity index (χ4v) is 2.79. The van der Waals surface area contributed by atoms with E-state index in [1.165, 1.54) is 11.1 Å². The summed E-state index contributed by atoms with van der Waals surface area (Å²) in [4.78, 5) is 0. The van der Waals surface area contributed by atoms with E-state index in [2.05, 4.69) is 16.5 Å². The number of aryl methyl sites for hydroxylation is 1. The molecule has 1 aromatic carbocycles. The molecule has 0 saturated heterocycles. The van der Waals surface area contributed by atoms with Gasteiger partial charge in [0.25, 0.3) is 0 Å². The zero-order chi connectivity index (χ0) is 13.2. The van der Waals surface area contributed by atoms with Crippen LogP contribution < -0.4 is 5.32 Å². The fraction of sp³-hybridized carbons (Fsp3) is 0.357. The van der Waals surface area contributed by atoms with Crippen molar-refractivity contribution in [3.63, 3.8) is 0 Å². The number of fused-ring (bicyclic) bond motifs is 1. The quantitative estimate of drug-likeness (QED) is 0.903. The summed E-state index contributed by atoms with van der Waals surface area (Å²) in [6, 6.07) is 6.41. The second-order valence-corrected chi connectivity index (χ2v) is 5.23. The summed E-state index contributed by atoms with van der Waals surface area (Å²) in [6.45, 7) is 0.629. The Labute approximate surface area is 117 Å². The Bertz CT molecular complexity index is 582. The van der Waals surface area contributed by atoms with Crippen LogP contribution in [0.25, 0.3) is 0 Å². The molecule has 1 aliphatic carbocycles. The highest BCUT2D eigenvalue weighted by Crippen LogP contribution is 2.35. The molecule has 1 atom stereocenters. The molecule has 2 N–H and O–H groups in total. The molecule has 3 rings (SSSR count). The third kappa shape index (κ3) is 2.60. The second-order valence-electron chi connectivity index (χ2n) is 4.79. The Morgan fingerprint density at radius 3 is 3.21 bits per heavy atom. The molecule has 5 heteroatoms. The van der Waals surface area contributed by atoms with Crippen LogP contribution in [0.15, 0.2) is 30.6 Å². The summed E-state index contributed by atoms with van der Waals surface area (Å²) in [5.74, 6) is 0. The van der Waals surface area contributed by atoms with Gasteiger partial charge in [-0.25, -0.2) is 0 Å². The summed E-state index contributed by atoms with van der Waals surface area (Å²) in [5.41, 5.74) is 3.63. The Balaban J connectivity index is 1.75. The van der Waals surface area contributed by atoms with Crippen LogP contribution in [0.5, 0.6) is 0 Å². The van der Waals surface area contributed by atoms with Crippen LogP contribution >= 0.6 is 11.6 Å². The predicted octanol–water partition coefficient (Wildman–Crippen LogP) is 2.63. The van der Waals surface area contributed by atoms with Crippen LogP contribution in [0, 0.1) is 0 Å². The number of benzene rings is 1. The van der Waals surface area contributed by atoms with E-state index in [4.69, 9.17) is 16.7 Å². The number of hydrogen-bond donors (Lipinski definition) is 2. The van der Waals surface area contributed by atoms with Crippen LogP contribution in [-0.4, -0.2) is 21.5 Å². The van der Waals surface area contributed by atoms with Crippen LogP contribution in [-0.2, 0) is 13.0 Å². The van der Waals surface area contributed by atoms with Gasteiger partial charge in [-0.3, -0.25) is 4.68 Å². The number of halogens is 1. The van der Waals surface area contributed by atoms with E-state index in [-0.39, 0.29) is 6.61 Å². The lowest BCUT2D eigenvalue weighted by molar-refractivity contribution is 0.269. The van der Waals surface area contributed by atoms with Crippen LogP contribution in [0.3, 0.4) is 0 Å². The van der Waals surface area contributed by atoms with Crippen molar-refractivity contribution in [2.45, 2.75) is 25.4 Å². The molecule has 1 aromatic heterocycles. The SMILES string of the molecule is OCCn1cc(NC2CCc3cc(Cl)ccc32)cn1. The first-order valence-corrected chi connectivity index (χ1v) is 6.82. The number of anilines is 1. The van der Waals surface area contributed by atoms with Gasteiger partial charge in [0.15, 0.2) is 0 Å². The van der Waals surface area contributed by atoms with Crippen molar-refractivity contribution in [2.75, 3.05) is 11.9 Å². The molecule has 4 nitrogen and oxygen atoms in total. The highest BCUT2D eigenvalue weighted by atomic mass is 35.5. The van der Waals surface area contributed by atoms with Crippen molar-refractivity contribution in [3.05, 3.63) is 46.7 Å². The molecular weight excluding hydrogens is 262 g/mol. The molecule has 1 unspecified atom stereocenters. The Morgan fingerprint density at radius 2 is 2.37 bits per heavy atom. The molecule has 2 aromatic rings. The van der Waals surface area contributed by atoms with Crippen molar-refractivity contribution in [1.29, 1.82) is 0 Å². The molecule has 0 radical (unpaired) electrons. The van der Waals surface area contributed by atoms with Crippen molar-refractivity contribution >= 4 is 17.3 Å². The van der Waals surface area contributed by atoms with Gasteiger partial charge in [0.2, 0.25) is 0 Å². The van der Waals surface area contributed by atoms with Gasteiger partial charge in [-0.05, 0) is 36.1 Å². The van der Waals surface area contributed by atoms with Gasteiger partial charge in [0.05, 0.1) is 31.1 Å². The molecule has 0 spiro atoms. The van der Waals surface area contributed by atoms with E-state index < -0.39 is 0 Å². The standard InChI is InChI=1S/C14H16ClN3O/c15-11-2-3-13-10(7-11)1-4-14(13)17-12-8-16-18(9-12)5-6-19/h2-3,7-9,14,17,19H,1,4-6H2. The van der Waals surface area contributed by atoms with Gasteiger partial charge in [-0.2, -0.15) is 5.10 Å². The Kier molecular flexibility index (Phi) is 3.44. The molecular formula is C14H16ClN3O. The Morgan fingerprint density at radius 1 is 1.47 bits per heavy atom. The summed E-state index contributed by atoms with van der Waals surface area (Å²) in [5, 5.41) is 17.4. The third-order valence-corrected chi connectivity index (χ3v) is 3.72. The number of nitrogens with one attached hydrogen (secondary N) is 1. The molecule has 0 amide bonds. The molecule has 0 aliphatic heterocycles. The lowest BCUT2D eigenvalue weighted by Crippen LogP contribution is -2.06. The third-order valence-electron chi connectivity index (χ3n) is 3.49. The smallest absolute Gasteiger partial charge is 0.0731 e. The van der Waals surface area contributed by atoms with E-state index in [0.29, 0.717) is 12.6 Å². The average molecular weight is 278 g/mol. The lowest BCUT2D eigenvalue weighted by Gasteiger charge is -2.13. The molecule has 100 valence electrons. The van der Waals surface area contributed by atoms with Gasteiger partial charge in [-0.15, -0.1) is 0 Å². The first-order valence-electron chi connectivity index (χ1n) is 6.44. The monoisotopic (exact) mass is 277 g/mol. The molecule has 0 bridgehead atoms. The maximum absolute atomic E-state index is 8.88. The topological polar surface area (TPSA) is 50.1 Å². The number of aliphatic hydroxyl groups excluding tert-OH is 1. The largest absolute Gasteiger partial charge is 0.394 e. The highest BCUT2D eigenvalue weighted by Gasteiger charge is 2.22. The predicted molar refractivity (Wildman–Crippen MR) is 75.4 cm³/mol. The summed E-state index contributed by atoms with van der Waals surface area (Å²) in [6.07, 6.45) is 5.84. The minimum atomic E-state index is 0.103. The maximum Gasteiger partial charge on any atom is 0.0731 e. The molecule has 0 fully saturated rings. The van der Waals surface area contributed by atoms with Crippen molar-refractivity contribution in [3.8, 4) is 0 Å². The first-order chi connectivity index (χ1) is 9.26. The summed E-state index contributed by atoms with van der Waals surface area (Å²) >= 11 is 6.01. The summed E-state index contributed by atoms with van der Waals surface area (Å²) < 4.78 is 1.74. The number of rotatable bonds is 4. The van der Waals surface area contributed by atoms with Gasteiger partial charge >= 0.3 is 0 Å². The van der Waals surface area contributed by atoms with Crippen LogP contribution in [0.2, 0.25) is 5.02 Å². The highest BCUT2D eigenvalue weighted by molar-refractivity contribution is 6.30. The zero-order valence-corrected chi connectivity index (χ0v) is 11.3. The molecule has 1 heterocycles. The van der Waals surface area contributed by atoms with E-state index in [1.54, 1.807) is 10.9 Å². The second kappa shape index (κ2) is 5.23. The normalized spacial score (nSPS) is 17.5. The van der Waals surface area contributed by atoms with E-state index in [0.717, 1.165) is 23.6 Å². The molecule has 1 aliphatic rings. The fourth-order valence-electron chi connectivity index (χ4n) is 2.60. The minimum absolute atomic E-state index is 0.103. The van der Waals surface area contributed by atoms with Crippen molar-refractivity contribution in [1.82, 2.24) is 9.78 Å². The molecule has 19 heavy (non-hydrogen) atoms. The zero-order valence-electron chi connectivity index (χ0n) is 10.5. The average Bonchev–Trinajstić information content (AvgIpc) is 2.98. The summed E-state index contributed by atoms with van der Waals surface area (Å²) in [7, 11) is 0. The van der Waals surface area contributed by atoms with Gasteiger partial charge in [0.1, 0.15) is 0 Å². The van der Waals surface area contributed by atoms with Gasteiger partial charge < -0.3 is 10.4 Å². The van der Waals surface area contributed by atoms with Gasteiger partial charge in [0, 0.05) is 11.2 Å². The molecule has 0 saturated carbocycles. The minimum Gasteiger partial charge on any atom is -0.394 e. The Hall–Kier alpha value is -1.52. The van der Waals surface area contributed by atoms with E-state index in [1.807, 2.05) is 18.3 Å².